The Bertz CT molecular complexity index is 1000. The number of aromatic amines is 1. The number of thiophene rings is 1. The zero-order valence-corrected chi connectivity index (χ0v) is 17.0. The third-order valence-electron chi connectivity index (χ3n) is 3.35. The molecule has 3 aromatic rings. The maximum Gasteiger partial charge on any atom is 0.259 e. The summed E-state index contributed by atoms with van der Waals surface area (Å²) in [6.07, 6.45) is 0. The first-order valence-electron chi connectivity index (χ1n) is 7.26. The Balaban J connectivity index is 1.59. The normalized spacial score (nSPS) is 11.0. The molecular weight excluding hydrogens is 417 g/mol. The first-order valence-corrected chi connectivity index (χ1v) is 10.2. The van der Waals surface area contributed by atoms with E-state index < -0.39 is 0 Å². The van der Waals surface area contributed by atoms with Crippen molar-refractivity contribution in [3.05, 3.63) is 60.9 Å². The fourth-order valence-corrected chi connectivity index (χ4v) is 4.38. The third-order valence-corrected chi connectivity index (χ3v) is 6.21. The second kappa shape index (κ2) is 8.05. The molecule has 0 aliphatic heterocycles. The van der Waals surface area contributed by atoms with Gasteiger partial charge in [-0.15, -0.1) is 11.3 Å². The number of nitrogens with zero attached hydrogens (tertiary/aromatic N) is 1. The molecule has 9 heteroatoms. The van der Waals surface area contributed by atoms with Crippen molar-refractivity contribution in [2.45, 2.75) is 19.2 Å². The minimum Gasteiger partial charge on any atom is -0.367 e. The van der Waals surface area contributed by atoms with E-state index in [9.17, 15) is 4.79 Å². The SMILES string of the molecule is Cc1cc2c(=O)[nH]c(CSC(=S)NCc3ccc(Cl)cc3Cl)nc2s1. The van der Waals surface area contributed by atoms with Crippen LogP contribution in [0.5, 0.6) is 0 Å². The zero-order chi connectivity index (χ0) is 18.0. The highest BCUT2D eigenvalue weighted by Gasteiger charge is 2.09. The molecule has 0 unspecified atom stereocenters. The number of nitrogens with one attached hydrogen (secondary N) is 2. The molecule has 4 nitrogen and oxygen atoms in total. The van der Waals surface area contributed by atoms with Crippen LogP contribution in [0.15, 0.2) is 29.1 Å². The molecule has 3 rings (SSSR count). The molecule has 0 radical (unpaired) electrons. The number of aryl methyl sites for hydroxylation is 1. The summed E-state index contributed by atoms with van der Waals surface area (Å²) < 4.78 is 0.608. The molecule has 0 amide bonds. The number of benzene rings is 1. The molecule has 0 saturated carbocycles. The number of H-pyrrole nitrogens is 1. The van der Waals surface area contributed by atoms with Gasteiger partial charge in [0.1, 0.15) is 15.0 Å². The van der Waals surface area contributed by atoms with Crippen molar-refractivity contribution in [2.75, 3.05) is 0 Å². The van der Waals surface area contributed by atoms with Crippen LogP contribution >= 0.6 is 58.5 Å². The van der Waals surface area contributed by atoms with E-state index in [1.165, 1.54) is 23.1 Å². The van der Waals surface area contributed by atoms with Crippen molar-refractivity contribution in [1.82, 2.24) is 15.3 Å². The molecule has 0 aliphatic rings. The van der Waals surface area contributed by atoms with Gasteiger partial charge in [-0.1, -0.05) is 53.2 Å². The summed E-state index contributed by atoms with van der Waals surface area (Å²) in [5.74, 6) is 1.10. The van der Waals surface area contributed by atoms with E-state index >= 15 is 0 Å². The van der Waals surface area contributed by atoms with Crippen molar-refractivity contribution in [2.24, 2.45) is 0 Å². The van der Waals surface area contributed by atoms with E-state index in [0.717, 1.165) is 15.3 Å². The summed E-state index contributed by atoms with van der Waals surface area (Å²) in [7, 11) is 0. The lowest BCUT2D eigenvalue weighted by molar-refractivity contribution is 0.939. The van der Waals surface area contributed by atoms with Gasteiger partial charge in [-0.2, -0.15) is 0 Å². The first kappa shape index (κ1) is 18.7. The number of thiocarbonyl (C=S) groups is 1. The highest BCUT2D eigenvalue weighted by molar-refractivity contribution is 8.22. The second-order valence-electron chi connectivity index (χ2n) is 5.25. The van der Waals surface area contributed by atoms with Crippen molar-refractivity contribution in [3.63, 3.8) is 0 Å². The van der Waals surface area contributed by atoms with Crippen molar-refractivity contribution in [3.8, 4) is 0 Å². The van der Waals surface area contributed by atoms with E-state index in [1.54, 1.807) is 12.1 Å². The van der Waals surface area contributed by atoms with Crippen LogP contribution in [0, 0.1) is 6.92 Å². The molecule has 0 fully saturated rings. The number of fused-ring (bicyclic) bond motifs is 1. The molecule has 0 spiro atoms. The van der Waals surface area contributed by atoms with Gasteiger partial charge >= 0.3 is 0 Å². The zero-order valence-electron chi connectivity index (χ0n) is 13.1. The number of hydrogen-bond acceptors (Lipinski definition) is 5. The lowest BCUT2D eigenvalue weighted by Gasteiger charge is -2.09. The van der Waals surface area contributed by atoms with E-state index in [2.05, 4.69) is 15.3 Å². The predicted molar refractivity (Wildman–Crippen MR) is 112 cm³/mol. The molecule has 1 aromatic carbocycles. The van der Waals surface area contributed by atoms with E-state index in [4.69, 9.17) is 35.4 Å². The molecule has 130 valence electrons. The second-order valence-corrected chi connectivity index (χ2v) is 8.98. The Hall–Kier alpha value is -1.12. The molecule has 0 saturated heterocycles. The Morgan fingerprint density at radius 1 is 1.40 bits per heavy atom. The van der Waals surface area contributed by atoms with Crippen LogP contribution in [0.3, 0.4) is 0 Å². The van der Waals surface area contributed by atoms with Crippen LogP contribution in [0.4, 0.5) is 0 Å². The van der Waals surface area contributed by atoms with E-state index in [0.29, 0.717) is 37.9 Å². The number of aromatic nitrogens is 2. The molecule has 2 heterocycles. The van der Waals surface area contributed by atoms with Crippen LogP contribution in [0.2, 0.25) is 10.0 Å². The molecule has 25 heavy (non-hydrogen) atoms. The van der Waals surface area contributed by atoms with Gasteiger partial charge in [-0.25, -0.2) is 4.98 Å². The number of hydrogen-bond donors (Lipinski definition) is 2. The maximum absolute atomic E-state index is 12.1. The lowest BCUT2D eigenvalue weighted by atomic mass is 10.2. The minimum atomic E-state index is -0.114. The average Bonchev–Trinajstić information content (AvgIpc) is 2.93. The van der Waals surface area contributed by atoms with Gasteiger partial charge in [0.05, 0.1) is 11.1 Å². The van der Waals surface area contributed by atoms with Crippen molar-refractivity contribution in [1.29, 1.82) is 0 Å². The van der Waals surface area contributed by atoms with Crippen molar-refractivity contribution < 1.29 is 0 Å². The fourth-order valence-electron chi connectivity index (χ4n) is 2.18. The standard InChI is InChI=1S/C16H13Cl2N3OS3/c1-8-4-11-14(22)20-13(21-15(11)25-8)7-24-16(23)19-6-9-2-3-10(17)5-12(9)18/h2-5H,6-7H2,1H3,(H,19,23)(H,20,21,22). The largest absolute Gasteiger partial charge is 0.367 e. The lowest BCUT2D eigenvalue weighted by Crippen LogP contribution is -2.18. The van der Waals surface area contributed by atoms with Gasteiger partial charge in [0, 0.05) is 21.5 Å². The Morgan fingerprint density at radius 3 is 2.96 bits per heavy atom. The minimum absolute atomic E-state index is 0.114. The molecule has 0 bridgehead atoms. The number of thioether (sulfide) groups is 1. The molecular formula is C16H13Cl2N3OS3. The summed E-state index contributed by atoms with van der Waals surface area (Å²) in [4.78, 5) is 21.2. The molecule has 2 aromatic heterocycles. The Labute approximate surface area is 168 Å². The summed E-state index contributed by atoms with van der Waals surface area (Å²) in [5, 5.41) is 4.96. The van der Waals surface area contributed by atoms with Crippen LogP contribution < -0.4 is 10.9 Å². The average molecular weight is 430 g/mol. The van der Waals surface area contributed by atoms with Gasteiger partial charge in [0.15, 0.2) is 0 Å². The van der Waals surface area contributed by atoms with Crippen molar-refractivity contribution >= 4 is 73.1 Å². The van der Waals surface area contributed by atoms with E-state index in [1.807, 2.05) is 19.1 Å². The fraction of sp³-hybridized carbons (Fsp3) is 0.188. The monoisotopic (exact) mass is 429 g/mol. The van der Waals surface area contributed by atoms with Crippen LogP contribution in [0.1, 0.15) is 16.3 Å². The smallest absolute Gasteiger partial charge is 0.259 e. The number of rotatable bonds is 4. The Morgan fingerprint density at radius 2 is 2.20 bits per heavy atom. The highest BCUT2D eigenvalue weighted by Crippen LogP contribution is 2.22. The van der Waals surface area contributed by atoms with Gasteiger partial charge in [0.2, 0.25) is 0 Å². The number of halogens is 2. The molecule has 0 aliphatic carbocycles. The predicted octanol–water partition coefficient (Wildman–Crippen LogP) is 4.91. The van der Waals surface area contributed by atoms with E-state index in [-0.39, 0.29) is 5.56 Å². The molecule has 2 N–H and O–H groups in total. The van der Waals surface area contributed by atoms with Crippen LogP contribution in [-0.4, -0.2) is 14.3 Å². The molecule has 0 atom stereocenters. The van der Waals surface area contributed by atoms with Gasteiger partial charge in [-0.3, -0.25) is 4.79 Å². The van der Waals surface area contributed by atoms with Gasteiger partial charge in [0.25, 0.3) is 5.56 Å². The quantitative estimate of drug-likeness (QED) is 0.577. The topological polar surface area (TPSA) is 57.8 Å². The first-order chi connectivity index (χ1) is 11.9. The summed E-state index contributed by atoms with van der Waals surface area (Å²) >= 11 is 20.3. The van der Waals surface area contributed by atoms with Gasteiger partial charge < -0.3 is 10.3 Å². The summed E-state index contributed by atoms with van der Waals surface area (Å²) in [6.45, 7) is 2.47. The summed E-state index contributed by atoms with van der Waals surface area (Å²) in [6, 6.07) is 7.19. The van der Waals surface area contributed by atoms with Gasteiger partial charge in [-0.05, 0) is 30.7 Å². The van der Waals surface area contributed by atoms with Crippen LogP contribution in [-0.2, 0) is 12.3 Å². The maximum atomic E-state index is 12.1. The highest BCUT2D eigenvalue weighted by atomic mass is 35.5. The van der Waals surface area contributed by atoms with Crippen LogP contribution in [0.25, 0.3) is 10.2 Å². The Kier molecular flexibility index (Phi) is 6.01. The summed E-state index contributed by atoms with van der Waals surface area (Å²) in [5.41, 5.74) is 0.799. The third kappa shape index (κ3) is 4.74.